The van der Waals surface area contributed by atoms with Crippen molar-refractivity contribution in [2.45, 2.75) is 0 Å². The van der Waals surface area contributed by atoms with Gasteiger partial charge in [0.1, 0.15) is 17.6 Å². The average Bonchev–Trinajstić information content (AvgIpc) is 2.43. The van der Waals surface area contributed by atoms with Crippen molar-refractivity contribution in [3.8, 4) is 11.3 Å². The number of ether oxygens (including phenoxy) is 1. The van der Waals surface area contributed by atoms with Crippen LogP contribution in [0.15, 0.2) is 0 Å². The van der Waals surface area contributed by atoms with Crippen LogP contribution in [0.2, 0.25) is 5.15 Å². The molecule has 1 aromatic heterocycles. The number of aromatic nitrogens is 1. The van der Waals surface area contributed by atoms with Gasteiger partial charge in [0.2, 0.25) is 0 Å². The standard InChI is InChI=1S/C6H6ClN3OS/c7-5-4(3-9)12-6(10-5)11-2-1-8/h1-2,8H2. The minimum atomic E-state index is 0.189. The molecule has 0 saturated heterocycles. The fourth-order valence-corrected chi connectivity index (χ4v) is 1.47. The molecule has 0 aliphatic heterocycles. The maximum absolute atomic E-state index is 8.51. The normalized spacial score (nSPS) is 9.42. The molecule has 1 aromatic rings. The van der Waals surface area contributed by atoms with Gasteiger partial charge in [-0.3, -0.25) is 0 Å². The van der Waals surface area contributed by atoms with Crippen LogP contribution in [0.1, 0.15) is 4.88 Å². The molecule has 4 nitrogen and oxygen atoms in total. The molecule has 0 saturated carbocycles. The van der Waals surface area contributed by atoms with Crippen molar-refractivity contribution in [3.05, 3.63) is 10.0 Å². The summed E-state index contributed by atoms with van der Waals surface area (Å²) in [5.41, 5.74) is 5.21. The minimum Gasteiger partial charge on any atom is -0.469 e. The van der Waals surface area contributed by atoms with Gasteiger partial charge in [-0.15, -0.1) is 0 Å². The van der Waals surface area contributed by atoms with Crippen LogP contribution in [0.5, 0.6) is 5.19 Å². The zero-order valence-corrected chi connectivity index (χ0v) is 7.65. The third kappa shape index (κ3) is 2.08. The summed E-state index contributed by atoms with van der Waals surface area (Å²) in [4.78, 5) is 4.17. The molecule has 64 valence electrons. The van der Waals surface area contributed by atoms with E-state index in [9.17, 15) is 0 Å². The van der Waals surface area contributed by atoms with Crippen LogP contribution in [0, 0.1) is 11.3 Å². The number of nitrogens with zero attached hydrogens (tertiary/aromatic N) is 2. The zero-order chi connectivity index (χ0) is 8.97. The summed E-state index contributed by atoms with van der Waals surface area (Å²) in [6.45, 7) is 0.799. The molecule has 0 aromatic carbocycles. The molecule has 0 aliphatic carbocycles. The lowest BCUT2D eigenvalue weighted by molar-refractivity contribution is 0.326. The molecule has 2 N–H and O–H groups in total. The zero-order valence-electron chi connectivity index (χ0n) is 6.08. The second-order valence-electron chi connectivity index (χ2n) is 1.85. The highest BCUT2D eigenvalue weighted by atomic mass is 35.5. The molecule has 0 bridgehead atoms. The van der Waals surface area contributed by atoms with Crippen LogP contribution in [0.4, 0.5) is 0 Å². The molecule has 0 spiro atoms. The first kappa shape index (κ1) is 9.26. The van der Waals surface area contributed by atoms with E-state index in [-0.39, 0.29) is 5.15 Å². The van der Waals surface area contributed by atoms with E-state index in [0.29, 0.717) is 23.2 Å². The lowest BCUT2D eigenvalue weighted by atomic mass is 10.6. The van der Waals surface area contributed by atoms with E-state index in [1.807, 2.05) is 6.07 Å². The summed E-state index contributed by atoms with van der Waals surface area (Å²) in [5.74, 6) is 0. The first-order valence-electron chi connectivity index (χ1n) is 3.17. The number of nitrogens with two attached hydrogens (primary N) is 1. The van der Waals surface area contributed by atoms with Crippen molar-refractivity contribution in [2.75, 3.05) is 13.2 Å². The fourth-order valence-electron chi connectivity index (χ4n) is 0.560. The van der Waals surface area contributed by atoms with Crippen molar-refractivity contribution in [2.24, 2.45) is 5.73 Å². The number of rotatable bonds is 3. The van der Waals surface area contributed by atoms with E-state index in [1.54, 1.807) is 0 Å². The summed E-state index contributed by atoms with van der Waals surface area (Å²) in [7, 11) is 0. The molecular formula is C6H6ClN3OS. The Balaban J connectivity index is 2.70. The van der Waals surface area contributed by atoms with Crippen molar-refractivity contribution in [1.82, 2.24) is 4.98 Å². The third-order valence-electron chi connectivity index (χ3n) is 1.01. The molecule has 0 aliphatic rings. The van der Waals surface area contributed by atoms with Crippen molar-refractivity contribution < 1.29 is 4.74 Å². The summed E-state index contributed by atoms with van der Waals surface area (Å²) >= 11 is 6.71. The molecule has 1 heterocycles. The maximum Gasteiger partial charge on any atom is 0.275 e. The maximum atomic E-state index is 8.51. The van der Waals surface area contributed by atoms with Gasteiger partial charge < -0.3 is 10.5 Å². The van der Waals surface area contributed by atoms with E-state index in [2.05, 4.69) is 4.98 Å². The van der Waals surface area contributed by atoms with Gasteiger partial charge in [-0.1, -0.05) is 22.9 Å². The van der Waals surface area contributed by atoms with E-state index in [4.69, 9.17) is 27.3 Å². The lowest BCUT2D eigenvalue weighted by Crippen LogP contribution is -2.10. The molecule has 12 heavy (non-hydrogen) atoms. The third-order valence-corrected chi connectivity index (χ3v) is 2.27. The molecule has 6 heteroatoms. The van der Waals surface area contributed by atoms with E-state index >= 15 is 0 Å². The highest BCUT2D eigenvalue weighted by molar-refractivity contribution is 7.14. The molecule has 0 amide bonds. The molecule has 0 unspecified atom stereocenters. The number of thiazole rings is 1. The molecular weight excluding hydrogens is 198 g/mol. The van der Waals surface area contributed by atoms with Gasteiger partial charge in [0, 0.05) is 6.54 Å². The predicted molar refractivity (Wildman–Crippen MR) is 46.4 cm³/mol. The van der Waals surface area contributed by atoms with Gasteiger partial charge in [0.05, 0.1) is 0 Å². The van der Waals surface area contributed by atoms with Gasteiger partial charge in [-0.05, 0) is 0 Å². The highest BCUT2D eigenvalue weighted by Gasteiger charge is 2.08. The van der Waals surface area contributed by atoms with Gasteiger partial charge in [-0.2, -0.15) is 10.2 Å². The molecule has 0 radical (unpaired) electrons. The molecule has 0 fully saturated rings. The Morgan fingerprint density at radius 1 is 1.75 bits per heavy atom. The molecule has 1 rings (SSSR count). The average molecular weight is 204 g/mol. The number of hydrogen-bond donors (Lipinski definition) is 1. The van der Waals surface area contributed by atoms with Crippen LogP contribution >= 0.6 is 22.9 Å². The Kier molecular flexibility index (Phi) is 3.29. The number of nitriles is 1. The first-order chi connectivity index (χ1) is 5.77. The van der Waals surface area contributed by atoms with Crippen LogP contribution < -0.4 is 10.5 Å². The summed E-state index contributed by atoms with van der Waals surface area (Å²) in [5, 5.41) is 9.09. The summed E-state index contributed by atoms with van der Waals surface area (Å²) in [6, 6.07) is 1.90. The van der Waals surface area contributed by atoms with Crippen molar-refractivity contribution in [3.63, 3.8) is 0 Å². The quantitative estimate of drug-likeness (QED) is 0.796. The first-order valence-corrected chi connectivity index (χ1v) is 4.36. The van der Waals surface area contributed by atoms with Crippen LogP contribution in [0.25, 0.3) is 0 Å². The van der Waals surface area contributed by atoms with Crippen molar-refractivity contribution in [1.29, 1.82) is 5.26 Å². The number of hydrogen-bond acceptors (Lipinski definition) is 5. The van der Waals surface area contributed by atoms with Crippen LogP contribution in [-0.2, 0) is 0 Å². The Hall–Kier alpha value is -0.830. The van der Waals surface area contributed by atoms with Crippen molar-refractivity contribution >= 4 is 22.9 Å². The van der Waals surface area contributed by atoms with Gasteiger partial charge in [0.15, 0.2) is 5.15 Å². The predicted octanol–water partition coefficient (Wildman–Crippen LogP) is 1.01. The van der Waals surface area contributed by atoms with E-state index in [1.165, 1.54) is 0 Å². The van der Waals surface area contributed by atoms with Crippen LogP contribution in [-0.4, -0.2) is 18.1 Å². The summed E-state index contributed by atoms with van der Waals surface area (Å²) < 4.78 is 5.07. The van der Waals surface area contributed by atoms with E-state index < -0.39 is 0 Å². The topological polar surface area (TPSA) is 71.9 Å². The SMILES string of the molecule is N#Cc1sc(OCCN)nc1Cl. The van der Waals surface area contributed by atoms with Gasteiger partial charge >= 0.3 is 0 Å². The van der Waals surface area contributed by atoms with E-state index in [0.717, 1.165) is 11.3 Å². The lowest BCUT2D eigenvalue weighted by Gasteiger charge is -1.95. The Bertz CT molecular complexity index is 306. The van der Waals surface area contributed by atoms with Crippen LogP contribution in [0.3, 0.4) is 0 Å². The smallest absolute Gasteiger partial charge is 0.275 e. The largest absolute Gasteiger partial charge is 0.469 e. The van der Waals surface area contributed by atoms with Gasteiger partial charge in [-0.25, -0.2) is 0 Å². The Labute approximate surface area is 78.5 Å². The fraction of sp³-hybridized carbons (Fsp3) is 0.333. The summed E-state index contributed by atoms with van der Waals surface area (Å²) in [6.07, 6.45) is 0. The highest BCUT2D eigenvalue weighted by Crippen LogP contribution is 2.27. The monoisotopic (exact) mass is 203 g/mol. The minimum absolute atomic E-state index is 0.189. The Morgan fingerprint density at radius 3 is 3.00 bits per heavy atom. The number of halogens is 1. The van der Waals surface area contributed by atoms with Gasteiger partial charge in [0.25, 0.3) is 5.19 Å². The Morgan fingerprint density at radius 2 is 2.50 bits per heavy atom. The molecule has 0 atom stereocenters. The second kappa shape index (κ2) is 4.26. The second-order valence-corrected chi connectivity index (χ2v) is 3.17.